The van der Waals surface area contributed by atoms with E-state index in [1.54, 1.807) is 0 Å². The van der Waals surface area contributed by atoms with Crippen molar-refractivity contribution >= 4 is 43.4 Å². The molecule has 55 heavy (non-hydrogen) atoms. The number of fused-ring (bicyclic) bond motifs is 7. The molecule has 0 bridgehead atoms. The summed E-state index contributed by atoms with van der Waals surface area (Å²) in [7, 11) is 0. The van der Waals surface area contributed by atoms with Gasteiger partial charge in [0.25, 0.3) is 0 Å². The van der Waals surface area contributed by atoms with Crippen LogP contribution in [0.25, 0.3) is 82.7 Å². The van der Waals surface area contributed by atoms with Gasteiger partial charge in [-0.25, -0.2) is 0 Å². The predicted molar refractivity (Wildman–Crippen MR) is 224 cm³/mol. The molecular formula is C51H35IrN3-2. The summed E-state index contributed by atoms with van der Waals surface area (Å²) in [6.45, 7) is 4.69. The molecule has 0 aliphatic carbocycles. The van der Waals surface area contributed by atoms with E-state index in [1.165, 1.54) is 65.9 Å². The van der Waals surface area contributed by atoms with Crippen LogP contribution >= 0.6 is 0 Å². The maximum absolute atomic E-state index is 4.73. The third kappa shape index (κ3) is 5.77. The van der Waals surface area contributed by atoms with E-state index in [2.05, 4.69) is 157 Å². The molecule has 1 aliphatic rings. The molecule has 0 N–H and O–H groups in total. The van der Waals surface area contributed by atoms with Crippen molar-refractivity contribution in [1.82, 2.24) is 14.5 Å². The van der Waals surface area contributed by atoms with Crippen molar-refractivity contribution in [2.45, 2.75) is 19.3 Å². The first kappa shape index (κ1) is 34.6. The van der Waals surface area contributed by atoms with Crippen LogP contribution in [0.15, 0.2) is 176 Å². The second-order valence-electron chi connectivity index (χ2n) is 14.4. The van der Waals surface area contributed by atoms with Crippen molar-refractivity contribution in [3.05, 3.63) is 199 Å². The SMILES string of the molecule is CC1(C)c2ccccc2-n2c3ccc(-c4cc[c-]c(-c5nccc6ccccc56)c4)cc3c3cccc1c32.[Ir].[c-]1ccc2ccccc2c1-c1ccccn1. The summed E-state index contributed by atoms with van der Waals surface area (Å²) in [5.74, 6) is 0. The molecule has 1 aliphatic heterocycles. The molecule has 11 rings (SSSR count). The van der Waals surface area contributed by atoms with Gasteiger partial charge in [0, 0.05) is 48.7 Å². The molecule has 0 saturated heterocycles. The van der Waals surface area contributed by atoms with E-state index in [4.69, 9.17) is 4.98 Å². The third-order valence-corrected chi connectivity index (χ3v) is 11.0. The third-order valence-electron chi connectivity index (χ3n) is 11.0. The molecule has 3 nitrogen and oxygen atoms in total. The molecule has 0 unspecified atom stereocenters. The van der Waals surface area contributed by atoms with E-state index in [9.17, 15) is 0 Å². The molecule has 1 radical (unpaired) electrons. The molecule has 7 aromatic carbocycles. The standard InChI is InChI=1S/C36H25N2.C15H10N.Ir/c1-36(2)30-14-5-6-16-33(30)38-32-18-17-25(22-29(32)28-13-8-15-31(36)35(28)38)24-10-7-11-26(21-24)34-27-12-4-3-9-23(27)19-20-37-34;1-2-8-13-12(6-1)7-5-9-14(13)15-10-3-4-11-16-15;/h3-10,12-22H,1-2H3;1-8,10-11H;/q2*-1;. The first-order valence-electron chi connectivity index (χ1n) is 18.4. The van der Waals surface area contributed by atoms with Crippen LogP contribution < -0.4 is 0 Å². The number of aromatic nitrogens is 3. The minimum absolute atomic E-state index is 0. The van der Waals surface area contributed by atoms with Crippen molar-refractivity contribution in [2.75, 3.05) is 0 Å². The van der Waals surface area contributed by atoms with Gasteiger partial charge in [0.1, 0.15) is 0 Å². The molecule has 0 atom stereocenters. The van der Waals surface area contributed by atoms with Crippen LogP contribution in [-0.4, -0.2) is 14.5 Å². The maximum Gasteiger partial charge on any atom is 0.0582 e. The molecule has 4 heteroatoms. The fourth-order valence-corrected chi connectivity index (χ4v) is 8.35. The first-order valence-corrected chi connectivity index (χ1v) is 18.4. The number of rotatable bonds is 3. The summed E-state index contributed by atoms with van der Waals surface area (Å²) in [5.41, 5.74) is 12.9. The van der Waals surface area contributed by atoms with Crippen LogP contribution in [0.1, 0.15) is 25.0 Å². The first-order chi connectivity index (χ1) is 26.6. The van der Waals surface area contributed by atoms with E-state index in [0.29, 0.717) is 0 Å². The Morgan fingerprint density at radius 2 is 1.24 bits per heavy atom. The Bertz CT molecular complexity index is 3020. The Morgan fingerprint density at radius 1 is 0.527 bits per heavy atom. The Morgan fingerprint density at radius 3 is 2.09 bits per heavy atom. The van der Waals surface area contributed by atoms with Crippen molar-refractivity contribution in [2.24, 2.45) is 0 Å². The summed E-state index contributed by atoms with van der Waals surface area (Å²) < 4.78 is 2.47. The summed E-state index contributed by atoms with van der Waals surface area (Å²) in [5, 5.41) is 7.35. The fourth-order valence-electron chi connectivity index (χ4n) is 8.35. The van der Waals surface area contributed by atoms with E-state index in [0.717, 1.165) is 27.9 Å². The van der Waals surface area contributed by atoms with Gasteiger partial charge in [-0.3, -0.25) is 0 Å². The van der Waals surface area contributed by atoms with Gasteiger partial charge < -0.3 is 14.5 Å². The minimum atomic E-state index is -0.0566. The molecule has 4 heterocycles. The van der Waals surface area contributed by atoms with Crippen molar-refractivity contribution < 1.29 is 20.1 Å². The molecule has 0 amide bonds. The maximum atomic E-state index is 4.73. The molecule has 3 aromatic heterocycles. The molecular weight excluding hydrogens is 847 g/mol. The Hall–Kier alpha value is -6.19. The quantitative estimate of drug-likeness (QED) is 0.166. The van der Waals surface area contributed by atoms with Crippen LogP contribution in [0.3, 0.4) is 0 Å². The normalized spacial score (nSPS) is 12.5. The molecule has 0 saturated carbocycles. The van der Waals surface area contributed by atoms with Gasteiger partial charge in [0.2, 0.25) is 0 Å². The zero-order valence-electron chi connectivity index (χ0n) is 30.4. The van der Waals surface area contributed by atoms with Crippen LogP contribution in [0, 0.1) is 12.1 Å². The van der Waals surface area contributed by atoms with Gasteiger partial charge in [-0.2, -0.15) is 0 Å². The van der Waals surface area contributed by atoms with Crippen LogP contribution in [-0.2, 0) is 25.5 Å². The summed E-state index contributed by atoms with van der Waals surface area (Å²) in [6, 6.07) is 64.4. The van der Waals surface area contributed by atoms with Crippen LogP contribution in [0.2, 0.25) is 0 Å². The van der Waals surface area contributed by atoms with Crippen molar-refractivity contribution in [3.8, 4) is 39.3 Å². The van der Waals surface area contributed by atoms with Gasteiger partial charge in [0.05, 0.1) is 16.7 Å². The van der Waals surface area contributed by atoms with E-state index in [1.807, 2.05) is 54.9 Å². The van der Waals surface area contributed by atoms with E-state index < -0.39 is 0 Å². The number of para-hydroxylation sites is 2. The largest absolute Gasteiger partial charge is 0.309 e. The average Bonchev–Trinajstić information content (AvgIpc) is 3.57. The predicted octanol–water partition coefficient (Wildman–Crippen LogP) is 12.8. The smallest absolute Gasteiger partial charge is 0.0582 e. The summed E-state index contributed by atoms with van der Waals surface area (Å²) in [4.78, 5) is 9.10. The van der Waals surface area contributed by atoms with Gasteiger partial charge >= 0.3 is 0 Å². The number of benzene rings is 7. The second-order valence-corrected chi connectivity index (χ2v) is 14.4. The zero-order chi connectivity index (χ0) is 36.2. The summed E-state index contributed by atoms with van der Waals surface area (Å²) >= 11 is 0. The van der Waals surface area contributed by atoms with E-state index >= 15 is 0 Å². The Labute approximate surface area is 334 Å². The van der Waals surface area contributed by atoms with Crippen molar-refractivity contribution in [3.63, 3.8) is 0 Å². The molecule has 10 aromatic rings. The number of hydrogen-bond acceptors (Lipinski definition) is 2. The topological polar surface area (TPSA) is 30.7 Å². The zero-order valence-corrected chi connectivity index (χ0v) is 32.8. The number of pyridine rings is 2. The van der Waals surface area contributed by atoms with Crippen LogP contribution in [0.5, 0.6) is 0 Å². The van der Waals surface area contributed by atoms with Crippen LogP contribution in [0.4, 0.5) is 0 Å². The van der Waals surface area contributed by atoms with Gasteiger partial charge in [-0.05, 0) is 69.2 Å². The van der Waals surface area contributed by atoms with Crippen molar-refractivity contribution in [1.29, 1.82) is 0 Å². The number of nitrogens with zero attached hydrogens (tertiary/aromatic N) is 3. The molecule has 265 valence electrons. The van der Waals surface area contributed by atoms with Gasteiger partial charge in [-0.15, -0.1) is 64.5 Å². The van der Waals surface area contributed by atoms with Gasteiger partial charge in [0.15, 0.2) is 0 Å². The summed E-state index contributed by atoms with van der Waals surface area (Å²) in [6.07, 6.45) is 3.70. The molecule has 0 fully saturated rings. The van der Waals surface area contributed by atoms with Gasteiger partial charge in [-0.1, -0.05) is 122 Å². The number of hydrogen-bond donors (Lipinski definition) is 0. The fraction of sp³-hybridized carbons (Fsp3) is 0.0588. The molecule has 0 spiro atoms. The Balaban J connectivity index is 0.000000196. The average molecular weight is 882 g/mol. The van der Waals surface area contributed by atoms with E-state index in [-0.39, 0.29) is 25.5 Å². The second kappa shape index (κ2) is 13.9. The minimum Gasteiger partial charge on any atom is -0.309 e. The Kier molecular flexibility index (Phi) is 8.74. The monoisotopic (exact) mass is 882 g/mol.